The molecule has 0 fully saturated rings. The van der Waals surface area contributed by atoms with Crippen LogP contribution in [-0.4, -0.2) is 39.2 Å². The number of carbonyl (C=O) groups is 1. The van der Waals surface area contributed by atoms with Gasteiger partial charge in [0.25, 0.3) is 0 Å². The molecule has 0 aliphatic carbocycles. The number of aliphatic hydroxyl groups excluding tert-OH is 2. The standard InChI is InChI=1S/C19H24N2O3/c22-13-3-1-9-17-15(7-5-11-20-17)19(24)16-8-6-12-21-18(16)10-2-4-14-23/h5-8,11-12,22-23H,1-4,9-10,13-14H2. The van der Waals surface area contributed by atoms with Gasteiger partial charge in [0.15, 0.2) is 5.78 Å². The van der Waals surface area contributed by atoms with Gasteiger partial charge in [0.1, 0.15) is 0 Å². The number of ketones is 1. The van der Waals surface area contributed by atoms with Crippen LogP contribution in [0.3, 0.4) is 0 Å². The van der Waals surface area contributed by atoms with Crippen molar-refractivity contribution in [3.63, 3.8) is 0 Å². The lowest BCUT2D eigenvalue weighted by atomic mass is 9.97. The Morgan fingerprint density at radius 2 is 1.25 bits per heavy atom. The van der Waals surface area contributed by atoms with Crippen LogP contribution in [-0.2, 0) is 12.8 Å². The maximum absolute atomic E-state index is 13.0. The van der Waals surface area contributed by atoms with Gasteiger partial charge in [-0.2, -0.15) is 0 Å². The zero-order valence-electron chi connectivity index (χ0n) is 13.8. The first-order valence-electron chi connectivity index (χ1n) is 8.42. The molecule has 24 heavy (non-hydrogen) atoms. The van der Waals surface area contributed by atoms with Crippen LogP contribution >= 0.6 is 0 Å². The molecule has 0 radical (unpaired) electrons. The van der Waals surface area contributed by atoms with Crippen LogP contribution in [0.25, 0.3) is 0 Å². The summed E-state index contributed by atoms with van der Waals surface area (Å²) in [4.78, 5) is 21.7. The SMILES string of the molecule is O=C(c1cccnc1CCCCO)c1cccnc1CCCCO. The maximum atomic E-state index is 13.0. The van der Waals surface area contributed by atoms with E-state index < -0.39 is 0 Å². The first-order valence-corrected chi connectivity index (χ1v) is 8.42. The number of unbranched alkanes of at least 4 members (excludes halogenated alkanes) is 2. The molecule has 0 amide bonds. The van der Waals surface area contributed by atoms with Crippen LogP contribution < -0.4 is 0 Å². The smallest absolute Gasteiger partial charge is 0.196 e. The van der Waals surface area contributed by atoms with Gasteiger partial charge >= 0.3 is 0 Å². The number of pyridine rings is 2. The first kappa shape index (κ1) is 18.2. The molecule has 0 aliphatic heterocycles. The molecule has 5 heteroatoms. The van der Waals surface area contributed by atoms with Crippen LogP contribution in [0.2, 0.25) is 0 Å². The van der Waals surface area contributed by atoms with Gasteiger partial charge in [-0.25, -0.2) is 0 Å². The molecule has 0 atom stereocenters. The van der Waals surface area contributed by atoms with Gasteiger partial charge in [0.05, 0.1) is 11.4 Å². The highest BCUT2D eigenvalue weighted by Gasteiger charge is 2.17. The molecular formula is C19H24N2O3. The molecule has 5 nitrogen and oxygen atoms in total. The van der Waals surface area contributed by atoms with E-state index in [0.717, 1.165) is 24.2 Å². The molecule has 128 valence electrons. The number of carbonyl (C=O) groups excluding carboxylic acids is 1. The normalized spacial score (nSPS) is 10.8. The molecule has 2 rings (SSSR count). The fraction of sp³-hybridized carbons (Fsp3) is 0.421. The zero-order valence-corrected chi connectivity index (χ0v) is 13.8. The summed E-state index contributed by atoms with van der Waals surface area (Å²) in [6.45, 7) is 0.293. The molecule has 0 saturated carbocycles. The second kappa shape index (κ2) is 9.90. The summed E-state index contributed by atoms with van der Waals surface area (Å²) < 4.78 is 0. The van der Waals surface area contributed by atoms with Crippen molar-refractivity contribution in [2.45, 2.75) is 38.5 Å². The number of hydrogen-bond acceptors (Lipinski definition) is 5. The monoisotopic (exact) mass is 328 g/mol. The van der Waals surface area contributed by atoms with Crippen LogP contribution in [0.4, 0.5) is 0 Å². The topological polar surface area (TPSA) is 83.3 Å². The second-order valence-electron chi connectivity index (χ2n) is 5.69. The van der Waals surface area contributed by atoms with E-state index in [1.165, 1.54) is 0 Å². The fourth-order valence-electron chi connectivity index (χ4n) is 2.64. The Kier molecular flexibility index (Phi) is 7.52. The van der Waals surface area contributed by atoms with Crippen molar-refractivity contribution >= 4 is 5.78 Å². The number of aliphatic hydroxyl groups is 2. The van der Waals surface area contributed by atoms with E-state index >= 15 is 0 Å². The summed E-state index contributed by atoms with van der Waals surface area (Å²) >= 11 is 0. The largest absolute Gasteiger partial charge is 0.396 e. The van der Waals surface area contributed by atoms with Gasteiger partial charge < -0.3 is 10.2 Å². The van der Waals surface area contributed by atoms with Gasteiger partial charge in [-0.3, -0.25) is 14.8 Å². The lowest BCUT2D eigenvalue weighted by Crippen LogP contribution is -2.11. The van der Waals surface area contributed by atoms with Crippen molar-refractivity contribution in [2.75, 3.05) is 13.2 Å². The molecule has 0 aromatic carbocycles. The molecule has 0 aliphatic rings. The van der Waals surface area contributed by atoms with Crippen LogP contribution in [0.1, 0.15) is 53.0 Å². The minimum atomic E-state index is -0.0609. The van der Waals surface area contributed by atoms with Crippen molar-refractivity contribution in [3.05, 3.63) is 59.2 Å². The van der Waals surface area contributed by atoms with Gasteiger partial charge in [-0.1, -0.05) is 0 Å². The van der Waals surface area contributed by atoms with Crippen LogP contribution in [0.15, 0.2) is 36.7 Å². The van der Waals surface area contributed by atoms with Crippen LogP contribution in [0.5, 0.6) is 0 Å². The molecule has 0 spiro atoms. The summed E-state index contributed by atoms with van der Waals surface area (Å²) in [5, 5.41) is 17.9. The summed E-state index contributed by atoms with van der Waals surface area (Å²) in [7, 11) is 0. The van der Waals surface area contributed by atoms with Gasteiger partial charge in [-0.15, -0.1) is 0 Å². The van der Waals surface area contributed by atoms with Crippen LogP contribution in [0, 0.1) is 0 Å². The predicted molar refractivity (Wildman–Crippen MR) is 92.0 cm³/mol. The molecule has 0 saturated heterocycles. The molecule has 2 N–H and O–H groups in total. The average molecular weight is 328 g/mol. The van der Waals surface area contributed by atoms with E-state index in [9.17, 15) is 4.79 Å². The zero-order chi connectivity index (χ0) is 17.2. The highest BCUT2D eigenvalue weighted by Crippen LogP contribution is 2.18. The quantitative estimate of drug-likeness (QED) is 0.517. The Bertz CT molecular complexity index is 603. The third-order valence-corrected chi connectivity index (χ3v) is 3.91. The minimum absolute atomic E-state index is 0.0609. The van der Waals surface area contributed by atoms with Gasteiger partial charge in [-0.05, 0) is 62.8 Å². The van der Waals surface area contributed by atoms with Crippen molar-refractivity contribution in [3.8, 4) is 0 Å². The Morgan fingerprint density at radius 3 is 1.67 bits per heavy atom. The predicted octanol–water partition coefficient (Wildman–Crippen LogP) is 2.34. The lowest BCUT2D eigenvalue weighted by Gasteiger charge is -2.10. The summed E-state index contributed by atoms with van der Waals surface area (Å²) in [6, 6.07) is 7.14. The first-order chi connectivity index (χ1) is 11.8. The summed E-state index contributed by atoms with van der Waals surface area (Å²) in [6.07, 6.45) is 7.71. The Hall–Kier alpha value is -2.11. The molecule has 2 aromatic rings. The number of aryl methyl sites for hydroxylation is 2. The number of rotatable bonds is 10. The summed E-state index contributed by atoms with van der Waals surface area (Å²) in [5.41, 5.74) is 2.74. The minimum Gasteiger partial charge on any atom is -0.396 e. The van der Waals surface area contributed by atoms with E-state index in [1.54, 1.807) is 36.7 Å². The highest BCUT2D eigenvalue weighted by atomic mass is 16.3. The average Bonchev–Trinajstić information content (AvgIpc) is 2.62. The van der Waals surface area contributed by atoms with E-state index in [-0.39, 0.29) is 19.0 Å². The van der Waals surface area contributed by atoms with Crippen molar-refractivity contribution in [1.29, 1.82) is 0 Å². The molecule has 2 aromatic heterocycles. The molecular weight excluding hydrogens is 304 g/mol. The Labute approximate surface area is 142 Å². The van der Waals surface area contributed by atoms with Crippen molar-refractivity contribution in [2.24, 2.45) is 0 Å². The number of aromatic nitrogens is 2. The molecule has 0 bridgehead atoms. The second-order valence-corrected chi connectivity index (χ2v) is 5.69. The summed E-state index contributed by atoms with van der Waals surface area (Å²) in [5.74, 6) is -0.0609. The van der Waals surface area contributed by atoms with E-state index in [4.69, 9.17) is 10.2 Å². The number of nitrogens with zero attached hydrogens (tertiary/aromatic N) is 2. The lowest BCUT2D eigenvalue weighted by molar-refractivity contribution is 0.103. The maximum Gasteiger partial charge on any atom is 0.196 e. The fourth-order valence-corrected chi connectivity index (χ4v) is 2.64. The van der Waals surface area contributed by atoms with Gasteiger partial charge in [0.2, 0.25) is 0 Å². The Morgan fingerprint density at radius 1 is 0.792 bits per heavy atom. The Balaban J connectivity index is 2.22. The third-order valence-electron chi connectivity index (χ3n) is 3.91. The third kappa shape index (κ3) is 4.94. The van der Waals surface area contributed by atoms with Crippen molar-refractivity contribution < 1.29 is 15.0 Å². The van der Waals surface area contributed by atoms with E-state index in [2.05, 4.69) is 9.97 Å². The van der Waals surface area contributed by atoms with E-state index in [1.807, 2.05) is 0 Å². The van der Waals surface area contributed by atoms with Crippen molar-refractivity contribution in [1.82, 2.24) is 9.97 Å². The highest BCUT2D eigenvalue weighted by molar-refractivity contribution is 6.10. The van der Waals surface area contributed by atoms with Gasteiger partial charge in [0, 0.05) is 36.7 Å². The molecule has 2 heterocycles. The van der Waals surface area contributed by atoms with E-state index in [0.29, 0.717) is 36.8 Å². The number of hydrogen-bond donors (Lipinski definition) is 2. The molecule has 0 unspecified atom stereocenters.